The van der Waals surface area contributed by atoms with Gasteiger partial charge in [-0.05, 0) is 37.5 Å². The standard InChI is InChI=1S/C18H22N2O3/c1-13(10-14(2)21)12-20-18(22)17-11-16(8-9-19-17)23-15-6-4-3-5-7-15/h3-9,11,13-14,21H,10,12H2,1-2H3,(H,20,22). The van der Waals surface area contributed by atoms with Crippen LogP contribution in [0.4, 0.5) is 0 Å². The maximum atomic E-state index is 12.1. The van der Waals surface area contributed by atoms with Gasteiger partial charge in [0.15, 0.2) is 0 Å². The second-order valence-electron chi connectivity index (χ2n) is 5.69. The third-order valence-corrected chi connectivity index (χ3v) is 3.30. The molecule has 2 aromatic rings. The molecule has 2 N–H and O–H groups in total. The number of aliphatic hydroxyl groups excluding tert-OH is 1. The third kappa shape index (κ3) is 5.71. The Morgan fingerprint density at radius 2 is 1.96 bits per heavy atom. The highest BCUT2D eigenvalue weighted by Gasteiger charge is 2.12. The number of ether oxygens (including phenoxy) is 1. The summed E-state index contributed by atoms with van der Waals surface area (Å²) in [4.78, 5) is 16.2. The highest BCUT2D eigenvalue weighted by molar-refractivity contribution is 5.92. The molecule has 0 fully saturated rings. The number of nitrogens with zero attached hydrogens (tertiary/aromatic N) is 1. The summed E-state index contributed by atoms with van der Waals surface area (Å²) in [6.45, 7) is 4.22. The quantitative estimate of drug-likeness (QED) is 0.824. The van der Waals surface area contributed by atoms with Gasteiger partial charge >= 0.3 is 0 Å². The first-order valence-corrected chi connectivity index (χ1v) is 7.70. The molecule has 0 bridgehead atoms. The summed E-state index contributed by atoms with van der Waals surface area (Å²) in [5, 5.41) is 12.2. The van der Waals surface area contributed by atoms with E-state index in [1.165, 1.54) is 0 Å². The molecule has 1 aromatic carbocycles. The minimum atomic E-state index is -0.373. The smallest absolute Gasteiger partial charge is 0.270 e. The minimum Gasteiger partial charge on any atom is -0.457 e. The first-order valence-electron chi connectivity index (χ1n) is 7.70. The van der Waals surface area contributed by atoms with E-state index in [4.69, 9.17) is 4.74 Å². The van der Waals surface area contributed by atoms with Crippen molar-refractivity contribution in [2.24, 2.45) is 5.92 Å². The van der Waals surface area contributed by atoms with E-state index in [-0.39, 0.29) is 17.9 Å². The number of carbonyl (C=O) groups is 1. The molecule has 5 nitrogen and oxygen atoms in total. The summed E-state index contributed by atoms with van der Waals surface area (Å²) >= 11 is 0. The molecule has 0 radical (unpaired) electrons. The molecule has 0 saturated carbocycles. The molecule has 2 unspecified atom stereocenters. The zero-order chi connectivity index (χ0) is 16.7. The maximum Gasteiger partial charge on any atom is 0.270 e. The highest BCUT2D eigenvalue weighted by Crippen LogP contribution is 2.20. The Balaban J connectivity index is 1.95. The Morgan fingerprint density at radius 3 is 2.65 bits per heavy atom. The molecule has 0 aliphatic carbocycles. The van der Waals surface area contributed by atoms with Crippen molar-refractivity contribution >= 4 is 5.91 Å². The predicted octanol–water partition coefficient (Wildman–Crippen LogP) is 3.01. The zero-order valence-electron chi connectivity index (χ0n) is 13.4. The van der Waals surface area contributed by atoms with Crippen LogP contribution in [0.25, 0.3) is 0 Å². The Kier molecular flexibility index (Phi) is 6.11. The van der Waals surface area contributed by atoms with Crippen molar-refractivity contribution in [2.75, 3.05) is 6.54 Å². The number of hydrogen-bond donors (Lipinski definition) is 2. The van der Waals surface area contributed by atoms with E-state index < -0.39 is 0 Å². The van der Waals surface area contributed by atoms with Gasteiger partial charge in [-0.25, -0.2) is 0 Å². The van der Waals surface area contributed by atoms with Crippen molar-refractivity contribution in [3.8, 4) is 11.5 Å². The third-order valence-electron chi connectivity index (χ3n) is 3.30. The molecule has 2 rings (SSSR count). The lowest BCUT2D eigenvalue weighted by atomic mass is 10.0. The summed E-state index contributed by atoms with van der Waals surface area (Å²) in [7, 11) is 0. The lowest BCUT2D eigenvalue weighted by Gasteiger charge is -2.14. The summed E-state index contributed by atoms with van der Waals surface area (Å²) in [5.74, 6) is 1.22. The monoisotopic (exact) mass is 314 g/mol. The average Bonchev–Trinajstić information content (AvgIpc) is 2.53. The number of amides is 1. The SMILES string of the molecule is CC(O)CC(C)CNC(=O)c1cc(Oc2ccccc2)ccn1. The molecular formula is C18H22N2O3. The molecule has 1 amide bonds. The van der Waals surface area contributed by atoms with Crippen LogP contribution in [0.3, 0.4) is 0 Å². The molecule has 2 atom stereocenters. The largest absolute Gasteiger partial charge is 0.457 e. The molecule has 0 aliphatic rings. The van der Waals surface area contributed by atoms with Crippen molar-refractivity contribution in [2.45, 2.75) is 26.4 Å². The lowest BCUT2D eigenvalue weighted by molar-refractivity contribution is 0.0934. The van der Waals surface area contributed by atoms with Crippen LogP contribution in [0.2, 0.25) is 0 Å². The number of aromatic nitrogens is 1. The van der Waals surface area contributed by atoms with Crippen molar-refractivity contribution in [3.63, 3.8) is 0 Å². The van der Waals surface area contributed by atoms with E-state index in [0.29, 0.717) is 30.2 Å². The molecular weight excluding hydrogens is 292 g/mol. The van der Waals surface area contributed by atoms with Crippen molar-refractivity contribution in [1.29, 1.82) is 0 Å². The predicted molar refractivity (Wildman–Crippen MR) is 88.5 cm³/mol. The summed E-state index contributed by atoms with van der Waals surface area (Å²) in [5.41, 5.74) is 0.308. The first-order chi connectivity index (χ1) is 11.0. The van der Waals surface area contributed by atoms with Gasteiger partial charge in [0.1, 0.15) is 17.2 Å². The van der Waals surface area contributed by atoms with Gasteiger partial charge in [-0.3, -0.25) is 9.78 Å². The van der Waals surface area contributed by atoms with Crippen LogP contribution in [0.1, 0.15) is 30.8 Å². The van der Waals surface area contributed by atoms with Gasteiger partial charge in [-0.15, -0.1) is 0 Å². The van der Waals surface area contributed by atoms with E-state index in [9.17, 15) is 9.90 Å². The van der Waals surface area contributed by atoms with Gasteiger partial charge in [0, 0.05) is 18.8 Å². The van der Waals surface area contributed by atoms with Crippen LogP contribution in [0.15, 0.2) is 48.7 Å². The fraction of sp³-hybridized carbons (Fsp3) is 0.333. The highest BCUT2D eigenvalue weighted by atomic mass is 16.5. The van der Waals surface area contributed by atoms with Gasteiger partial charge in [0.2, 0.25) is 0 Å². The van der Waals surface area contributed by atoms with Crippen molar-refractivity contribution < 1.29 is 14.6 Å². The van der Waals surface area contributed by atoms with Crippen molar-refractivity contribution in [3.05, 3.63) is 54.4 Å². The maximum absolute atomic E-state index is 12.1. The van der Waals surface area contributed by atoms with Crippen LogP contribution in [-0.4, -0.2) is 28.6 Å². The Bertz CT molecular complexity index is 629. The van der Waals surface area contributed by atoms with E-state index >= 15 is 0 Å². The van der Waals surface area contributed by atoms with E-state index in [1.54, 1.807) is 25.3 Å². The second kappa shape index (κ2) is 8.29. The normalized spacial score (nSPS) is 13.2. The van der Waals surface area contributed by atoms with Gasteiger partial charge < -0.3 is 15.2 Å². The zero-order valence-corrected chi connectivity index (χ0v) is 13.4. The number of nitrogens with one attached hydrogen (secondary N) is 1. The Labute approximate surface area is 136 Å². The minimum absolute atomic E-state index is 0.197. The molecule has 5 heteroatoms. The summed E-state index contributed by atoms with van der Waals surface area (Å²) in [6, 6.07) is 12.7. The molecule has 23 heavy (non-hydrogen) atoms. The molecule has 1 heterocycles. The van der Waals surface area contributed by atoms with E-state index in [2.05, 4.69) is 10.3 Å². The summed E-state index contributed by atoms with van der Waals surface area (Å²) in [6.07, 6.45) is 1.82. The number of carbonyl (C=O) groups excluding carboxylic acids is 1. The number of hydrogen-bond acceptors (Lipinski definition) is 4. The molecule has 1 aromatic heterocycles. The second-order valence-corrected chi connectivity index (χ2v) is 5.69. The Hall–Kier alpha value is -2.40. The average molecular weight is 314 g/mol. The van der Waals surface area contributed by atoms with Gasteiger partial charge in [0.05, 0.1) is 6.10 Å². The molecule has 0 aliphatic heterocycles. The number of rotatable bonds is 7. The van der Waals surface area contributed by atoms with E-state index in [0.717, 1.165) is 0 Å². The molecule has 122 valence electrons. The van der Waals surface area contributed by atoms with E-state index in [1.807, 2.05) is 37.3 Å². The number of benzene rings is 1. The fourth-order valence-electron chi connectivity index (χ4n) is 2.25. The lowest BCUT2D eigenvalue weighted by Crippen LogP contribution is -2.30. The fourth-order valence-corrected chi connectivity index (χ4v) is 2.25. The van der Waals surface area contributed by atoms with Crippen molar-refractivity contribution in [1.82, 2.24) is 10.3 Å². The van der Waals surface area contributed by atoms with Gasteiger partial charge in [0.25, 0.3) is 5.91 Å². The van der Waals surface area contributed by atoms with Crippen LogP contribution in [0.5, 0.6) is 11.5 Å². The van der Waals surface area contributed by atoms with Crippen LogP contribution in [-0.2, 0) is 0 Å². The van der Waals surface area contributed by atoms with Crippen LogP contribution in [0, 0.1) is 5.92 Å². The van der Waals surface area contributed by atoms with Crippen LogP contribution < -0.4 is 10.1 Å². The molecule has 0 spiro atoms. The van der Waals surface area contributed by atoms with Crippen LogP contribution >= 0.6 is 0 Å². The Morgan fingerprint density at radius 1 is 1.22 bits per heavy atom. The topological polar surface area (TPSA) is 71.5 Å². The molecule has 0 saturated heterocycles. The number of para-hydroxylation sites is 1. The van der Waals surface area contributed by atoms with Gasteiger partial charge in [-0.2, -0.15) is 0 Å². The first kappa shape index (κ1) is 17.0. The van der Waals surface area contributed by atoms with Gasteiger partial charge in [-0.1, -0.05) is 25.1 Å². The summed E-state index contributed by atoms with van der Waals surface area (Å²) < 4.78 is 5.69. The number of pyridine rings is 1. The number of aliphatic hydroxyl groups is 1.